The number of ether oxygens (including phenoxy) is 1. The van der Waals surface area contributed by atoms with Gasteiger partial charge in [0.05, 0.1) is 40.9 Å². The van der Waals surface area contributed by atoms with Crippen LogP contribution in [0.15, 0.2) is 53.6 Å². The molecular weight excluding hydrogens is 604 g/mol. The fraction of sp³-hybridized carbons (Fsp3) is 0.455. The van der Waals surface area contributed by atoms with Crippen LogP contribution in [0.1, 0.15) is 57.1 Å². The summed E-state index contributed by atoms with van der Waals surface area (Å²) < 4.78 is 33.5. The number of anilines is 4. The molecule has 4 heterocycles. The van der Waals surface area contributed by atoms with Crippen molar-refractivity contribution in [3.8, 4) is 5.75 Å². The number of hydrogen-bond donors (Lipinski definition) is 2. The van der Waals surface area contributed by atoms with Gasteiger partial charge in [-0.1, -0.05) is 12.1 Å². The van der Waals surface area contributed by atoms with Crippen LogP contribution < -0.4 is 15.4 Å². The van der Waals surface area contributed by atoms with E-state index in [1.807, 2.05) is 17.9 Å². The van der Waals surface area contributed by atoms with Gasteiger partial charge in [-0.15, -0.1) is 0 Å². The zero-order valence-corrected chi connectivity index (χ0v) is 27.8. The number of hydrogen-bond acceptors (Lipinski definition) is 10. The summed E-state index contributed by atoms with van der Waals surface area (Å²) in [6.45, 7) is 11.0. The number of nitrogens with one attached hydrogen (secondary N) is 2. The molecule has 2 fully saturated rings. The summed E-state index contributed by atoms with van der Waals surface area (Å²) in [4.78, 5) is 26.8. The molecule has 46 heavy (non-hydrogen) atoms. The Morgan fingerprint density at radius 3 is 2.39 bits per heavy atom. The topological polar surface area (TPSA) is 134 Å². The molecule has 1 atom stereocenters. The molecule has 0 aliphatic carbocycles. The van der Waals surface area contributed by atoms with Crippen molar-refractivity contribution in [2.45, 2.75) is 69.1 Å². The minimum atomic E-state index is -3.56. The number of aryl methyl sites for hydroxylation is 1. The van der Waals surface area contributed by atoms with E-state index in [2.05, 4.69) is 43.6 Å². The first-order chi connectivity index (χ1) is 22.1. The second-order valence-electron chi connectivity index (χ2n) is 12.4. The highest BCUT2D eigenvalue weighted by Gasteiger charge is 2.32. The lowest BCUT2D eigenvalue weighted by molar-refractivity contribution is -0.138. The van der Waals surface area contributed by atoms with Crippen molar-refractivity contribution in [3.05, 3.63) is 59.8 Å². The van der Waals surface area contributed by atoms with Crippen molar-refractivity contribution in [1.82, 2.24) is 29.4 Å². The van der Waals surface area contributed by atoms with E-state index in [-0.39, 0.29) is 16.8 Å². The highest BCUT2D eigenvalue weighted by atomic mass is 32.2. The fourth-order valence-electron chi connectivity index (χ4n) is 6.24. The van der Waals surface area contributed by atoms with Crippen molar-refractivity contribution in [3.63, 3.8) is 0 Å². The van der Waals surface area contributed by atoms with Gasteiger partial charge in [0.25, 0.3) is 0 Å². The molecule has 0 radical (unpaired) electrons. The predicted octanol–water partition coefficient (Wildman–Crippen LogP) is 4.91. The molecule has 2 aromatic heterocycles. The Kier molecular flexibility index (Phi) is 8.88. The molecule has 13 heteroatoms. The molecule has 12 nitrogen and oxygen atoms in total. The lowest BCUT2D eigenvalue weighted by Crippen LogP contribution is -2.53. The minimum Gasteiger partial charge on any atom is -0.495 e. The molecule has 0 spiro atoms. The van der Waals surface area contributed by atoms with Gasteiger partial charge in [-0.3, -0.25) is 9.69 Å². The number of sulfone groups is 1. The molecule has 6 rings (SSSR count). The average Bonchev–Trinajstić information content (AvgIpc) is 3.49. The second kappa shape index (κ2) is 12.9. The van der Waals surface area contributed by atoms with Gasteiger partial charge in [-0.25, -0.2) is 8.42 Å². The van der Waals surface area contributed by atoms with E-state index in [9.17, 15) is 13.2 Å². The number of rotatable bonds is 10. The number of fused-ring (bicyclic) bond motifs is 1. The molecule has 2 saturated heterocycles. The van der Waals surface area contributed by atoms with Crippen LogP contribution in [0, 0.1) is 6.92 Å². The number of nitrogens with zero attached hydrogens (tertiary/aromatic N) is 6. The third kappa shape index (κ3) is 6.13. The zero-order chi connectivity index (χ0) is 32.6. The van der Waals surface area contributed by atoms with Gasteiger partial charge >= 0.3 is 0 Å². The van der Waals surface area contributed by atoms with E-state index < -0.39 is 15.1 Å². The third-order valence-electron chi connectivity index (χ3n) is 9.19. The van der Waals surface area contributed by atoms with Crippen molar-refractivity contribution in [2.24, 2.45) is 0 Å². The number of benzene rings is 2. The predicted molar refractivity (Wildman–Crippen MR) is 178 cm³/mol. The summed E-state index contributed by atoms with van der Waals surface area (Å²) in [5.74, 6) is 1.82. The van der Waals surface area contributed by atoms with Crippen molar-refractivity contribution < 1.29 is 17.9 Å². The molecule has 2 aliphatic heterocycles. The third-order valence-corrected chi connectivity index (χ3v) is 11.4. The number of piperidine rings is 1. The Balaban J connectivity index is 1.23. The number of likely N-dealkylation sites (tertiary alicyclic amines) is 2. The standard InChI is InChI=1S/C33H42N8O4S/c1-21(2)46(43,44)29-10-7-6-9-26(29)36-33-38-32(37-30-11-14-34-41(30)33)35-27-19-22(3)25(20-28(27)45-5)24-12-17-40(18-13-24)31(42)23(4)39-15-8-16-39/h6-7,9-11,14,19-21,23-24H,8,12-13,15-18H2,1-5H3,(H2,35,36,37,38)/t23-/m0/s1. The molecule has 0 saturated carbocycles. The summed E-state index contributed by atoms with van der Waals surface area (Å²) in [6.07, 6.45) is 4.59. The lowest BCUT2D eigenvalue weighted by Gasteiger charge is -2.40. The first-order valence-corrected chi connectivity index (χ1v) is 17.4. The van der Waals surface area contributed by atoms with Crippen LogP contribution in [-0.2, 0) is 14.6 Å². The van der Waals surface area contributed by atoms with E-state index in [0.717, 1.165) is 44.6 Å². The SMILES string of the molecule is COc1cc(C2CCN(C(=O)[C@H](C)N3CCC3)CC2)c(C)cc1Nc1nc(Nc2ccccc2S(=O)(=O)C(C)C)n2nccc2n1. The van der Waals surface area contributed by atoms with E-state index >= 15 is 0 Å². The van der Waals surface area contributed by atoms with E-state index in [1.54, 1.807) is 57.5 Å². The normalized spacial score (nSPS) is 16.8. The Morgan fingerprint density at radius 1 is 0.978 bits per heavy atom. The maximum atomic E-state index is 13.1. The quantitative estimate of drug-likeness (QED) is 0.245. The van der Waals surface area contributed by atoms with Gasteiger partial charge in [0.1, 0.15) is 5.75 Å². The van der Waals surface area contributed by atoms with Crippen LogP contribution in [0.3, 0.4) is 0 Å². The smallest absolute Gasteiger partial charge is 0.239 e. The summed E-state index contributed by atoms with van der Waals surface area (Å²) in [5.41, 5.74) is 3.96. The number of aromatic nitrogens is 4. The average molecular weight is 647 g/mol. The zero-order valence-electron chi connectivity index (χ0n) is 27.0. The second-order valence-corrected chi connectivity index (χ2v) is 14.9. The van der Waals surface area contributed by atoms with Gasteiger partial charge in [0, 0.05) is 32.2 Å². The van der Waals surface area contributed by atoms with Gasteiger partial charge in [-0.2, -0.15) is 19.6 Å². The summed E-state index contributed by atoms with van der Waals surface area (Å²) in [5, 5.41) is 10.3. The minimum absolute atomic E-state index is 0.0416. The van der Waals surface area contributed by atoms with Crippen molar-refractivity contribution in [1.29, 1.82) is 0 Å². The Hall–Kier alpha value is -4.23. The molecule has 0 unspecified atom stereocenters. The lowest BCUT2D eigenvalue weighted by atomic mass is 9.86. The fourth-order valence-corrected chi connectivity index (χ4v) is 7.45. The van der Waals surface area contributed by atoms with Gasteiger partial charge in [-0.05, 0) is 88.3 Å². The highest BCUT2D eigenvalue weighted by Crippen LogP contribution is 2.38. The van der Waals surface area contributed by atoms with Crippen molar-refractivity contribution in [2.75, 3.05) is 43.9 Å². The largest absolute Gasteiger partial charge is 0.495 e. The molecule has 2 aliphatic rings. The number of carbonyl (C=O) groups excluding carboxylic acids is 1. The molecular formula is C33H42N8O4S. The molecule has 0 bridgehead atoms. The molecule has 1 amide bonds. The van der Waals surface area contributed by atoms with Gasteiger partial charge in [0.2, 0.25) is 17.8 Å². The van der Waals surface area contributed by atoms with Crippen LogP contribution in [0.5, 0.6) is 5.75 Å². The monoisotopic (exact) mass is 646 g/mol. The van der Waals surface area contributed by atoms with Crippen LogP contribution >= 0.6 is 0 Å². The number of para-hydroxylation sites is 1. The van der Waals surface area contributed by atoms with E-state index in [0.29, 0.717) is 40.6 Å². The highest BCUT2D eigenvalue weighted by molar-refractivity contribution is 7.92. The molecule has 4 aromatic rings. The maximum Gasteiger partial charge on any atom is 0.239 e. The Bertz CT molecular complexity index is 1850. The van der Waals surface area contributed by atoms with E-state index in [1.165, 1.54) is 16.5 Å². The van der Waals surface area contributed by atoms with Crippen LogP contribution in [0.25, 0.3) is 5.65 Å². The first kappa shape index (κ1) is 31.7. The van der Waals surface area contributed by atoms with Crippen LogP contribution in [0.2, 0.25) is 0 Å². The van der Waals surface area contributed by atoms with Crippen molar-refractivity contribution >= 4 is 44.7 Å². The molecule has 2 aromatic carbocycles. The van der Waals surface area contributed by atoms with E-state index in [4.69, 9.17) is 4.74 Å². The van der Waals surface area contributed by atoms with Crippen LogP contribution in [-0.4, -0.2) is 88.3 Å². The molecule has 244 valence electrons. The number of amides is 1. The van der Waals surface area contributed by atoms with Crippen LogP contribution in [0.4, 0.5) is 23.3 Å². The Labute approximate surface area is 270 Å². The summed E-state index contributed by atoms with van der Waals surface area (Å²) >= 11 is 0. The number of carbonyl (C=O) groups is 1. The number of methoxy groups -OCH3 is 1. The first-order valence-electron chi connectivity index (χ1n) is 15.9. The maximum absolute atomic E-state index is 13.1. The Morgan fingerprint density at radius 2 is 1.72 bits per heavy atom. The summed E-state index contributed by atoms with van der Waals surface area (Å²) in [6, 6.07) is 12.6. The van der Waals surface area contributed by atoms with Gasteiger partial charge < -0.3 is 20.3 Å². The van der Waals surface area contributed by atoms with Gasteiger partial charge in [0.15, 0.2) is 15.5 Å². The summed E-state index contributed by atoms with van der Waals surface area (Å²) in [7, 11) is -1.92. The molecule has 2 N–H and O–H groups in total.